The van der Waals surface area contributed by atoms with E-state index in [1.165, 1.54) is 0 Å². The molecule has 0 radical (unpaired) electrons. The van der Waals surface area contributed by atoms with Gasteiger partial charge in [0.2, 0.25) is 0 Å². The summed E-state index contributed by atoms with van der Waals surface area (Å²) < 4.78 is 0. The summed E-state index contributed by atoms with van der Waals surface area (Å²) in [5.41, 5.74) is 0.656. The highest BCUT2D eigenvalue weighted by molar-refractivity contribution is 5.96. The molecule has 0 aromatic heterocycles. The van der Waals surface area contributed by atoms with Gasteiger partial charge in [-0.1, -0.05) is 30.3 Å². The van der Waals surface area contributed by atoms with Crippen LogP contribution in [0.25, 0.3) is 0 Å². The maximum atomic E-state index is 11.8. The van der Waals surface area contributed by atoms with E-state index in [1.807, 2.05) is 51.2 Å². The summed E-state index contributed by atoms with van der Waals surface area (Å²) in [5, 5.41) is 3.12. The summed E-state index contributed by atoms with van der Waals surface area (Å²) in [4.78, 5) is 11.8. The minimum Gasteiger partial charge on any atom is -0.314 e. The molecule has 0 bridgehead atoms. The first-order chi connectivity index (χ1) is 6.55. The molecule has 0 amide bonds. The van der Waals surface area contributed by atoms with E-state index < -0.39 is 0 Å². The number of halogens is 1. The molecular weight excluding hydrogens is 210 g/mol. The number of hydrogen-bond donors (Lipinski definition) is 1. The van der Waals surface area contributed by atoms with Crippen LogP contribution < -0.4 is 5.32 Å². The lowest BCUT2D eigenvalue weighted by molar-refractivity contribution is 0.0951. The first-order valence-electron chi connectivity index (χ1n) is 4.82. The zero-order chi connectivity index (χ0) is 10.6. The summed E-state index contributed by atoms with van der Waals surface area (Å²) in [7, 11) is 1.87. The number of carbonyl (C=O) groups excluding carboxylic acids is 1. The standard InChI is InChI=1S/C12H17NO.ClH/c1-12(2,13-3)9-11(14)10-7-5-4-6-8-10;/h4-8,13H,9H2,1-3H3;1H. The largest absolute Gasteiger partial charge is 0.314 e. The van der Waals surface area contributed by atoms with Crippen molar-refractivity contribution in [1.29, 1.82) is 0 Å². The summed E-state index contributed by atoms with van der Waals surface area (Å²) >= 11 is 0. The summed E-state index contributed by atoms with van der Waals surface area (Å²) in [6.07, 6.45) is 0.521. The maximum Gasteiger partial charge on any atom is 0.164 e. The highest BCUT2D eigenvalue weighted by Crippen LogP contribution is 2.12. The third kappa shape index (κ3) is 4.45. The van der Waals surface area contributed by atoms with Crippen LogP contribution in [-0.4, -0.2) is 18.4 Å². The zero-order valence-corrected chi connectivity index (χ0v) is 10.2. The van der Waals surface area contributed by atoms with Crippen molar-refractivity contribution >= 4 is 18.2 Å². The van der Waals surface area contributed by atoms with Gasteiger partial charge < -0.3 is 5.32 Å². The van der Waals surface area contributed by atoms with E-state index in [-0.39, 0.29) is 23.7 Å². The number of ketones is 1. The van der Waals surface area contributed by atoms with Gasteiger partial charge in [-0.2, -0.15) is 0 Å². The molecule has 84 valence electrons. The lowest BCUT2D eigenvalue weighted by Gasteiger charge is -2.22. The van der Waals surface area contributed by atoms with Crippen LogP contribution in [0.3, 0.4) is 0 Å². The van der Waals surface area contributed by atoms with Crippen LogP contribution in [0, 0.1) is 0 Å². The molecule has 0 heterocycles. The summed E-state index contributed by atoms with van der Waals surface area (Å²) in [6, 6.07) is 9.40. The molecule has 0 aliphatic heterocycles. The molecule has 1 rings (SSSR count). The molecule has 15 heavy (non-hydrogen) atoms. The average Bonchev–Trinajstić information content (AvgIpc) is 2.19. The molecule has 3 heteroatoms. The molecule has 0 aliphatic rings. The fourth-order valence-corrected chi connectivity index (χ4v) is 1.22. The van der Waals surface area contributed by atoms with Gasteiger partial charge in [-0.3, -0.25) is 4.79 Å². The average molecular weight is 228 g/mol. The second-order valence-electron chi connectivity index (χ2n) is 4.10. The third-order valence-electron chi connectivity index (χ3n) is 2.38. The SMILES string of the molecule is CNC(C)(C)CC(=O)c1ccccc1.Cl. The number of rotatable bonds is 4. The Hall–Kier alpha value is -0.860. The van der Waals surface area contributed by atoms with E-state index in [4.69, 9.17) is 0 Å². The van der Waals surface area contributed by atoms with E-state index in [0.717, 1.165) is 5.56 Å². The highest BCUT2D eigenvalue weighted by Gasteiger charge is 2.19. The Bertz CT molecular complexity index is 309. The first-order valence-corrected chi connectivity index (χ1v) is 4.82. The first kappa shape index (κ1) is 14.1. The Morgan fingerprint density at radius 1 is 1.27 bits per heavy atom. The van der Waals surface area contributed by atoms with E-state index in [2.05, 4.69) is 5.32 Å². The Kier molecular flexibility index (Phi) is 5.55. The topological polar surface area (TPSA) is 29.1 Å². The van der Waals surface area contributed by atoms with E-state index in [1.54, 1.807) is 0 Å². The van der Waals surface area contributed by atoms with Gasteiger partial charge in [-0.15, -0.1) is 12.4 Å². The van der Waals surface area contributed by atoms with Crippen molar-refractivity contribution in [2.45, 2.75) is 25.8 Å². The van der Waals surface area contributed by atoms with E-state index in [9.17, 15) is 4.79 Å². The minimum absolute atomic E-state index is 0. The van der Waals surface area contributed by atoms with Gasteiger partial charge in [0.15, 0.2) is 5.78 Å². The van der Waals surface area contributed by atoms with Gasteiger partial charge in [0.05, 0.1) is 0 Å². The minimum atomic E-state index is -0.132. The second kappa shape index (κ2) is 5.89. The fourth-order valence-electron chi connectivity index (χ4n) is 1.22. The molecule has 0 aliphatic carbocycles. The van der Waals surface area contributed by atoms with Crippen LogP contribution in [0.1, 0.15) is 30.6 Å². The molecule has 0 unspecified atom stereocenters. The molecule has 0 saturated carbocycles. The van der Waals surface area contributed by atoms with E-state index >= 15 is 0 Å². The highest BCUT2D eigenvalue weighted by atomic mass is 35.5. The van der Waals surface area contributed by atoms with Gasteiger partial charge in [0.1, 0.15) is 0 Å². The molecule has 1 N–H and O–H groups in total. The molecule has 0 spiro atoms. The molecular formula is C12H18ClNO. The molecule has 0 atom stereocenters. The Morgan fingerprint density at radius 2 is 1.80 bits per heavy atom. The van der Waals surface area contributed by atoms with Crippen LogP contribution in [0.5, 0.6) is 0 Å². The van der Waals surface area contributed by atoms with Gasteiger partial charge in [-0.25, -0.2) is 0 Å². The van der Waals surface area contributed by atoms with E-state index in [0.29, 0.717) is 6.42 Å². The lowest BCUT2D eigenvalue weighted by atomic mass is 9.94. The van der Waals surface area contributed by atoms with Crippen molar-refractivity contribution in [1.82, 2.24) is 5.32 Å². The predicted octanol–water partition coefficient (Wildman–Crippen LogP) is 2.68. The van der Waals surface area contributed by atoms with Crippen molar-refractivity contribution in [3.05, 3.63) is 35.9 Å². The van der Waals surface area contributed by atoms with Crippen molar-refractivity contribution in [2.75, 3.05) is 7.05 Å². The van der Waals surface area contributed by atoms with Gasteiger partial charge in [0, 0.05) is 17.5 Å². The molecule has 2 nitrogen and oxygen atoms in total. The predicted molar refractivity (Wildman–Crippen MR) is 65.8 cm³/mol. The van der Waals surface area contributed by atoms with Crippen molar-refractivity contribution in [2.24, 2.45) is 0 Å². The smallest absolute Gasteiger partial charge is 0.164 e. The lowest BCUT2D eigenvalue weighted by Crippen LogP contribution is -2.38. The Labute approximate surface area is 97.5 Å². The van der Waals surface area contributed by atoms with Gasteiger partial charge in [0.25, 0.3) is 0 Å². The molecule has 1 aromatic carbocycles. The number of Topliss-reactive ketones (excluding diaryl/α,β-unsaturated/α-hetero) is 1. The zero-order valence-electron chi connectivity index (χ0n) is 9.41. The third-order valence-corrected chi connectivity index (χ3v) is 2.38. The number of benzene rings is 1. The van der Waals surface area contributed by atoms with Gasteiger partial charge >= 0.3 is 0 Å². The molecule has 1 aromatic rings. The van der Waals surface area contributed by atoms with Crippen molar-refractivity contribution in [3.63, 3.8) is 0 Å². The van der Waals surface area contributed by atoms with Crippen molar-refractivity contribution in [3.8, 4) is 0 Å². The van der Waals surface area contributed by atoms with Crippen LogP contribution in [-0.2, 0) is 0 Å². The van der Waals surface area contributed by atoms with Crippen LogP contribution in [0.15, 0.2) is 30.3 Å². The quantitative estimate of drug-likeness (QED) is 0.802. The summed E-state index contributed by atoms with van der Waals surface area (Å²) in [6.45, 7) is 4.04. The Morgan fingerprint density at radius 3 is 2.27 bits per heavy atom. The molecule has 0 saturated heterocycles. The van der Waals surface area contributed by atoms with Gasteiger partial charge in [-0.05, 0) is 20.9 Å². The Balaban J connectivity index is 0.00000196. The van der Waals surface area contributed by atoms with Crippen LogP contribution in [0.4, 0.5) is 0 Å². The summed E-state index contributed by atoms with van der Waals surface area (Å²) in [5.74, 6) is 0.185. The normalized spacial score (nSPS) is 10.6. The molecule has 0 fully saturated rings. The fraction of sp³-hybridized carbons (Fsp3) is 0.417. The maximum absolute atomic E-state index is 11.8. The second-order valence-corrected chi connectivity index (χ2v) is 4.10. The van der Waals surface area contributed by atoms with Crippen LogP contribution >= 0.6 is 12.4 Å². The number of carbonyl (C=O) groups is 1. The number of hydrogen-bond acceptors (Lipinski definition) is 2. The number of nitrogens with one attached hydrogen (secondary N) is 1. The van der Waals surface area contributed by atoms with Crippen LogP contribution in [0.2, 0.25) is 0 Å². The monoisotopic (exact) mass is 227 g/mol. The van der Waals surface area contributed by atoms with Crippen molar-refractivity contribution < 1.29 is 4.79 Å².